The van der Waals surface area contributed by atoms with Gasteiger partial charge in [-0.1, -0.05) is 12.6 Å². The van der Waals surface area contributed by atoms with E-state index in [1.165, 1.54) is 0 Å². The van der Waals surface area contributed by atoms with Gasteiger partial charge in [0.25, 0.3) is 0 Å². The average Bonchev–Trinajstić information content (AvgIpc) is 2.84. The van der Waals surface area contributed by atoms with Crippen molar-refractivity contribution < 1.29 is 14.6 Å². The molecule has 1 atom stereocenters. The van der Waals surface area contributed by atoms with E-state index in [4.69, 9.17) is 4.74 Å². The van der Waals surface area contributed by atoms with Crippen LogP contribution in [0.5, 0.6) is 5.75 Å². The molecule has 0 amide bonds. The van der Waals surface area contributed by atoms with Gasteiger partial charge in [-0.3, -0.25) is 14.8 Å². The van der Waals surface area contributed by atoms with Gasteiger partial charge in [0.15, 0.2) is 0 Å². The number of carboxylic acids is 1. The van der Waals surface area contributed by atoms with Gasteiger partial charge < -0.3 is 9.84 Å². The number of fused-ring (bicyclic) bond motifs is 1. The van der Waals surface area contributed by atoms with Crippen LogP contribution in [0.3, 0.4) is 0 Å². The number of hydrogen-bond acceptors (Lipinski definition) is 4. The van der Waals surface area contributed by atoms with Gasteiger partial charge in [-0.15, -0.1) is 0 Å². The van der Waals surface area contributed by atoms with Gasteiger partial charge in [0, 0.05) is 17.6 Å². The Morgan fingerprint density at radius 1 is 1.38 bits per heavy atom. The van der Waals surface area contributed by atoms with Crippen molar-refractivity contribution in [1.29, 1.82) is 0 Å². The SMILES string of the molecule is C=C(C1=c2cc(OC)ccc2=NC1(C)CC(=O)O)c1cccnc1. The first-order valence-electron chi connectivity index (χ1n) is 7.55. The molecule has 1 unspecified atom stereocenters. The molecule has 0 fully saturated rings. The fourth-order valence-electron chi connectivity index (χ4n) is 3.15. The molecule has 2 heterocycles. The number of aliphatic carboxylic acids is 1. The van der Waals surface area contributed by atoms with E-state index in [9.17, 15) is 9.90 Å². The third kappa shape index (κ3) is 2.69. The lowest BCUT2D eigenvalue weighted by Crippen LogP contribution is -2.28. The molecule has 5 nitrogen and oxygen atoms in total. The van der Waals surface area contributed by atoms with E-state index in [-0.39, 0.29) is 6.42 Å². The summed E-state index contributed by atoms with van der Waals surface area (Å²) in [5.74, 6) is -0.211. The second-order valence-electron chi connectivity index (χ2n) is 5.93. The van der Waals surface area contributed by atoms with E-state index in [1.807, 2.05) is 37.3 Å². The zero-order valence-electron chi connectivity index (χ0n) is 13.6. The van der Waals surface area contributed by atoms with E-state index in [2.05, 4.69) is 16.6 Å². The van der Waals surface area contributed by atoms with Crippen LogP contribution in [-0.2, 0) is 4.79 Å². The van der Waals surface area contributed by atoms with Crippen LogP contribution in [0.25, 0.3) is 11.1 Å². The Morgan fingerprint density at radius 3 is 2.79 bits per heavy atom. The summed E-state index contributed by atoms with van der Waals surface area (Å²) >= 11 is 0. The third-order valence-corrected chi connectivity index (χ3v) is 4.19. The molecule has 24 heavy (non-hydrogen) atoms. The van der Waals surface area contributed by atoms with Crippen molar-refractivity contribution in [2.75, 3.05) is 7.11 Å². The molecule has 2 aromatic rings. The smallest absolute Gasteiger partial charge is 0.306 e. The van der Waals surface area contributed by atoms with Crippen molar-refractivity contribution in [3.8, 4) is 5.75 Å². The quantitative estimate of drug-likeness (QED) is 0.911. The summed E-state index contributed by atoms with van der Waals surface area (Å²) in [5, 5.41) is 11.0. The van der Waals surface area contributed by atoms with Gasteiger partial charge in [0.05, 0.1) is 24.4 Å². The first-order valence-corrected chi connectivity index (χ1v) is 7.55. The number of carboxylic acid groups (broad SMARTS) is 1. The van der Waals surface area contributed by atoms with Crippen LogP contribution >= 0.6 is 0 Å². The largest absolute Gasteiger partial charge is 0.497 e. The highest BCUT2D eigenvalue weighted by Gasteiger charge is 2.36. The molecule has 1 aromatic heterocycles. The Hall–Kier alpha value is -2.95. The Morgan fingerprint density at radius 2 is 2.17 bits per heavy atom. The van der Waals surface area contributed by atoms with E-state index in [1.54, 1.807) is 19.5 Å². The first kappa shape index (κ1) is 15.9. The molecule has 0 aliphatic carbocycles. The van der Waals surface area contributed by atoms with Gasteiger partial charge >= 0.3 is 5.97 Å². The third-order valence-electron chi connectivity index (χ3n) is 4.19. The second-order valence-corrected chi connectivity index (χ2v) is 5.93. The number of ether oxygens (including phenoxy) is 1. The summed E-state index contributed by atoms with van der Waals surface area (Å²) in [6, 6.07) is 9.27. The molecule has 0 bridgehead atoms. The van der Waals surface area contributed by atoms with E-state index in [0.29, 0.717) is 5.75 Å². The van der Waals surface area contributed by atoms with Crippen molar-refractivity contribution in [3.63, 3.8) is 0 Å². The predicted octanol–water partition coefficient (Wildman–Crippen LogP) is 1.82. The van der Waals surface area contributed by atoms with Crippen LogP contribution in [0.2, 0.25) is 0 Å². The maximum Gasteiger partial charge on any atom is 0.306 e. The summed E-state index contributed by atoms with van der Waals surface area (Å²) < 4.78 is 5.31. The highest BCUT2D eigenvalue weighted by Crippen LogP contribution is 2.36. The van der Waals surface area contributed by atoms with Crippen LogP contribution in [0.15, 0.2) is 54.3 Å². The maximum atomic E-state index is 11.4. The molecule has 0 saturated carbocycles. The number of nitrogens with zero attached hydrogens (tertiary/aromatic N) is 2. The Balaban J connectivity index is 2.27. The lowest BCUT2D eigenvalue weighted by Gasteiger charge is -2.25. The van der Waals surface area contributed by atoms with Crippen LogP contribution in [-0.4, -0.2) is 28.7 Å². The number of carbonyl (C=O) groups is 1. The normalized spacial score (nSPS) is 18.7. The summed E-state index contributed by atoms with van der Waals surface area (Å²) in [5.41, 5.74) is 1.48. The summed E-state index contributed by atoms with van der Waals surface area (Å²) in [6.07, 6.45) is 3.29. The number of methoxy groups -OCH3 is 1. The lowest BCUT2D eigenvalue weighted by molar-refractivity contribution is -0.137. The molecule has 122 valence electrons. The molecule has 1 aliphatic heterocycles. The molecule has 3 rings (SSSR count). The number of pyridine rings is 1. The highest BCUT2D eigenvalue weighted by atomic mass is 16.5. The van der Waals surface area contributed by atoms with Crippen molar-refractivity contribution in [2.24, 2.45) is 4.99 Å². The van der Waals surface area contributed by atoms with Crippen LogP contribution in [0, 0.1) is 0 Å². The molecule has 0 spiro atoms. The maximum absolute atomic E-state index is 11.4. The minimum Gasteiger partial charge on any atom is -0.497 e. The molecule has 0 saturated heterocycles. The standard InChI is InChI=1S/C19H18N2O3/c1-12(13-5-4-8-20-11-13)18-15-9-14(24-3)6-7-16(15)21-19(18,2)10-17(22)23/h4-9,11H,1,10H2,2-3H3,(H,22,23). The minimum absolute atomic E-state index is 0.112. The van der Waals surface area contributed by atoms with Gasteiger partial charge in [0.2, 0.25) is 0 Å². The molecular formula is C19H18N2O3. The van der Waals surface area contributed by atoms with E-state index in [0.717, 1.165) is 27.3 Å². The Labute approximate surface area is 139 Å². The zero-order chi connectivity index (χ0) is 17.3. The predicted molar refractivity (Wildman–Crippen MR) is 91.1 cm³/mol. The van der Waals surface area contributed by atoms with Gasteiger partial charge in [0.1, 0.15) is 5.75 Å². The highest BCUT2D eigenvalue weighted by molar-refractivity contribution is 6.01. The number of benzene rings is 1. The van der Waals surface area contributed by atoms with Gasteiger partial charge in [-0.25, -0.2) is 0 Å². The molecular weight excluding hydrogens is 304 g/mol. The number of aromatic nitrogens is 1. The second kappa shape index (κ2) is 5.92. The zero-order valence-corrected chi connectivity index (χ0v) is 13.6. The van der Waals surface area contributed by atoms with Gasteiger partial charge in [-0.05, 0) is 47.9 Å². The van der Waals surface area contributed by atoms with Crippen molar-refractivity contribution >= 4 is 17.1 Å². The summed E-state index contributed by atoms with van der Waals surface area (Å²) in [7, 11) is 1.60. The fraction of sp³-hybridized carbons (Fsp3) is 0.211. The Kier molecular flexibility index (Phi) is 3.93. The molecule has 1 aliphatic rings. The first-order chi connectivity index (χ1) is 11.4. The van der Waals surface area contributed by atoms with Crippen molar-refractivity contribution in [1.82, 2.24) is 4.98 Å². The molecule has 5 heteroatoms. The van der Waals surface area contributed by atoms with E-state index < -0.39 is 11.5 Å². The fourth-order valence-corrected chi connectivity index (χ4v) is 3.15. The Bertz CT molecular complexity index is 935. The van der Waals surface area contributed by atoms with Crippen molar-refractivity contribution in [2.45, 2.75) is 18.9 Å². The lowest BCUT2D eigenvalue weighted by atomic mass is 9.82. The van der Waals surface area contributed by atoms with Crippen LogP contribution < -0.4 is 15.3 Å². The monoisotopic (exact) mass is 322 g/mol. The molecule has 0 radical (unpaired) electrons. The number of rotatable bonds is 5. The number of hydrogen-bond donors (Lipinski definition) is 1. The molecule has 1 N–H and O–H groups in total. The van der Waals surface area contributed by atoms with Crippen LogP contribution in [0.4, 0.5) is 0 Å². The summed E-state index contributed by atoms with van der Waals surface area (Å²) in [6.45, 7) is 6.02. The van der Waals surface area contributed by atoms with Crippen molar-refractivity contribution in [3.05, 3.63) is 65.4 Å². The van der Waals surface area contributed by atoms with E-state index >= 15 is 0 Å². The summed E-state index contributed by atoms with van der Waals surface area (Å²) in [4.78, 5) is 20.2. The van der Waals surface area contributed by atoms with Crippen LogP contribution in [0.1, 0.15) is 18.9 Å². The van der Waals surface area contributed by atoms with Gasteiger partial charge in [-0.2, -0.15) is 0 Å². The molecule has 1 aromatic carbocycles. The topological polar surface area (TPSA) is 71.8 Å². The average molecular weight is 322 g/mol. The minimum atomic E-state index is -0.905.